The number of nitrogens with one attached hydrogen (secondary N) is 1. The number of hydrogen-bond donors (Lipinski definition) is 1. The van der Waals surface area contributed by atoms with Crippen LogP contribution in [-0.4, -0.2) is 44.0 Å². The minimum atomic E-state index is -0.189. The first kappa shape index (κ1) is 21.3. The van der Waals surface area contributed by atoms with E-state index in [1.165, 1.54) is 0 Å². The van der Waals surface area contributed by atoms with E-state index in [9.17, 15) is 9.59 Å². The minimum absolute atomic E-state index is 0.107. The number of benzene rings is 2. The van der Waals surface area contributed by atoms with Gasteiger partial charge in [0.1, 0.15) is 11.5 Å². The quantitative estimate of drug-likeness (QED) is 0.748. The number of hydrogen-bond acceptors (Lipinski definition) is 4. The Labute approximate surface area is 179 Å². The number of ether oxygens (including phenoxy) is 2. The van der Waals surface area contributed by atoms with E-state index in [2.05, 4.69) is 5.32 Å². The molecule has 0 aliphatic carbocycles. The molecule has 2 aromatic carbocycles. The molecule has 2 amide bonds. The number of rotatable bonds is 5. The smallest absolute Gasteiger partial charge is 0.254 e. The van der Waals surface area contributed by atoms with E-state index in [-0.39, 0.29) is 17.7 Å². The molecule has 6 nitrogen and oxygen atoms in total. The number of halogens is 2. The number of amides is 2. The molecule has 8 heteroatoms. The standard InChI is InChI=1S/C21H22Cl2N2O4/c1-28-16-9-14(10-17(12-16)29-2)21(27)25-7-5-13(6-8-25)20(26)24-19-4-3-15(22)11-18(19)23/h3-4,9-13H,5-8H2,1-2H3,(H,24,26). The highest BCUT2D eigenvalue weighted by Crippen LogP contribution is 2.28. The second-order valence-corrected chi connectivity index (χ2v) is 7.62. The van der Waals surface area contributed by atoms with Gasteiger partial charge in [0.2, 0.25) is 5.91 Å². The molecule has 0 aromatic heterocycles. The molecule has 1 saturated heterocycles. The Kier molecular flexibility index (Phi) is 6.87. The number of nitrogens with zero attached hydrogens (tertiary/aromatic N) is 1. The lowest BCUT2D eigenvalue weighted by atomic mass is 9.95. The first-order valence-electron chi connectivity index (χ1n) is 9.19. The van der Waals surface area contributed by atoms with Crippen molar-refractivity contribution in [3.05, 3.63) is 52.0 Å². The van der Waals surface area contributed by atoms with Gasteiger partial charge in [0.25, 0.3) is 5.91 Å². The summed E-state index contributed by atoms with van der Waals surface area (Å²) in [7, 11) is 3.08. The van der Waals surface area contributed by atoms with Gasteiger partial charge < -0.3 is 19.7 Å². The van der Waals surface area contributed by atoms with Crippen LogP contribution in [0.2, 0.25) is 10.0 Å². The third kappa shape index (κ3) is 5.14. The van der Waals surface area contributed by atoms with Gasteiger partial charge >= 0.3 is 0 Å². The zero-order valence-electron chi connectivity index (χ0n) is 16.2. The Hall–Kier alpha value is -2.44. The van der Waals surface area contributed by atoms with Crippen LogP contribution in [0.25, 0.3) is 0 Å². The average Bonchev–Trinajstić information content (AvgIpc) is 2.74. The van der Waals surface area contributed by atoms with E-state index in [1.807, 2.05) is 0 Å². The monoisotopic (exact) mass is 436 g/mol. The zero-order chi connectivity index (χ0) is 21.0. The van der Waals surface area contributed by atoms with Crippen molar-refractivity contribution >= 4 is 40.7 Å². The Morgan fingerprint density at radius 1 is 1.00 bits per heavy atom. The van der Waals surface area contributed by atoms with Crippen LogP contribution in [0.4, 0.5) is 5.69 Å². The number of likely N-dealkylation sites (tertiary alicyclic amines) is 1. The van der Waals surface area contributed by atoms with Crippen LogP contribution in [0, 0.1) is 5.92 Å². The summed E-state index contributed by atoms with van der Waals surface area (Å²) < 4.78 is 10.5. The van der Waals surface area contributed by atoms with Crippen molar-refractivity contribution in [3.8, 4) is 11.5 Å². The van der Waals surface area contributed by atoms with Gasteiger partial charge in [-0.3, -0.25) is 9.59 Å². The first-order chi connectivity index (χ1) is 13.9. The molecule has 29 heavy (non-hydrogen) atoms. The normalized spacial score (nSPS) is 14.4. The number of carbonyl (C=O) groups is 2. The molecule has 2 aromatic rings. The Bertz CT molecular complexity index is 889. The van der Waals surface area contributed by atoms with Crippen molar-refractivity contribution in [2.45, 2.75) is 12.8 Å². The summed E-state index contributed by atoms with van der Waals surface area (Å²) in [5.41, 5.74) is 1.03. The van der Waals surface area contributed by atoms with Crippen molar-refractivity contribution in [1.29, 1.82) is 0 Å². The van der Waals surface area contributed by atoms with E-state index < -0.39 is 0 Å². The molecule has 1 aliphatic rings. The Morgan fingerprint density at radius 3 is 2.17 bits per heavy atom. The highest BCUT2D eigenvalue weighted by atomic mass is 35.5. The van der Waals surface area contributed by atoms with Gasteiger partial charge in [0.15, 0.2) is 0 Å². The van der Waals surface area contributed by atoms with Gasteiger partial charge in [-0.1, -0.05) is 23.2 Å². The molecule has 0 bridgehead atoms. The molecule has 1 aliphatic heterocycles. The maximum absolute atomic E-state index is 12.9. The van der Waals surface area contributed by atoms with Crippen LogP contribution < -0.4 is 14.8 Å². The lowest BCUT2D eigenvalue weighted by Crippen LogP contribution is -2.41. The lowest BCUT2D eigenvalue weighted by molar-refractivity contribution is -0.121. The molecule has 0 saturated carbocycles. The maximum Gasteiger partial charge on any atom is 0.254 e. The summed E-state index contributed by atoms with van der Waals surface area (Å²) in [6, 6.07) is 10.0. The molecule has 1 heterocycles. The van der Waals surface area contributed by atoms with E-state index in [1.54, 1.807) is 55.5 Å². The average molecular weight is 437 g/mol. The highest BCUT2D eigenvalue weighted by molar-refractivity contribution is 6.36. The molecular weight excluding hydrogens is 415 g/mol. The van der Waals surface area contributed by atoms with Crippen LogP contribution in [0.15, 0.2) is 36.4 Å². The fraction of sp³-hybridized carbons (Fsp3) is 0.333. The second kappa shape index (κ2) is 9.37. The van der Waals surface area contributed by atoms with Crippen LogP contribution in [0.3, 0.4) is 0 Å². The van der Waals surface area contributed by atoms with Crippen LogP contribution in [-0.2, 0) is 4.79 Å². The number of anilines is 1. The third-order valence-electron chi connectivity index (χ3n) is 4.94. The van der Waals surface area contributed by atoms with Crippen molar-refractivity contribution in [2.75, 3.05) is 32.6 Å². The summed E-state index contributed by atoms with van der Waals surface area (Å²) >= 11 is 12.0. The fourth-order valence-corrected chi connectivity index (χ4v) is 3.74. The van der Waals surface area contributed by atoms with E-state index in [4.69, 9.17) is 32.7 Å². The number of carbonyl (C=O) groups excluding carboxylic acids is 2. The molecule has 154 valence electrons. The summed E-state index contributed by atoms with van der Waals surface area (Å²) in [5.74, 6) is 0.709. The van der Waals surface area contributed by atoms with Gasteiger partial charge in [0, 0.05) is 35.7 Å². The molecule has 1 N–H and O–H groups in total. The summed E-state index contributed by atoms with van der Waals surface area (Å²) in [6.45, 7) is 0.982. The third-order valence-corrected chi connectivity index (χ3v) is 5.49. The molecular formula is C21H22Cl2N2O4. The van der Waals surface area contributed by atoms with Crippen molar-refractivity contribution in [2.24, 2.45) is 5.92 Å². The van der Waals surface area contributed by atoms with Crippen LogP contribution in [0.1, 0.15) is 23.2 Å². The fourth-order valence-electron chi connectivity index (χ4n) is 3.28. The van der Waals surface area contributed by atoms with Crippen molar-refractivity contribution in [1.82, 2.24) is 4.90 Å². The largest absolute Gasteiger partial charge is 0.497 e. The second-order valence-electron chi connectivity index (χ2n) is 6.78. The highest BCUT2D eigenvalue weighted by Gasteiger charge is 2.28. The van der Waals surface area contributed by atoms with Gasteiger partial charge in [0.05, 0.1) is 24.9 Å². The van der Waals surface area contributed by atoms with Gasteiger partial charge in [-0.15, -0.1) is 0 Å². The maximum atomic E-state index is 12.9. The molecule has 0 radical (unpaired) electrons. The van der Waals surface area contributed by atoms with Crippen molar-refractivity contribution < 1.29 is 19.1 Å². The summed E-state index contributed by atoms with van der Waals surface area (Å²) in [4.78, 5) is 27.2. The van der Waals surface area contributed by atoms with E-state index in [0.717, 1.165) is 0 Å². The van der Waals surface area contributed by atoms with E-state index in [0.29, 0.717) is 58.7 Å². The molecule has 0 spiro atoms. The predicted octanol–water partition coefficient (Wildman–Crippen LogP) is 4.50. The lowest BCUT2D eigenvalue weighted by Gasteiger charge is -2.31. The summed E-state index contributed by atoms with van der Waals surface area (Å²) in [5, 5.41) is 3.75. The predicted molar refractivity (Wildman–Crippen MR) is 113 cm³/mol. The topological polar surface area (TPSA) is 67.9 Å². The molecule has 0 unspecified atom stereocenters. The van der Waals surface area contributed by atoms with Gasteiger partial charge in [-0.05, 0) is 43.2 Å². The SMILES string of the molecule is COc1cc(OC)cc(C(=O)N2CCC(C(=O)Nc3ccc(Cl)cc3Cl)CC2)c1. The molecule has 3 rings (SSSR count). The molecule has 0 atom stereocenters. The molecule has 1 fully saturated rings. The Morgan fingerprint density at radius 2 is 1.62 bits per heavy atom. The van der Waals surface area contributed by atoms with Crippen LogP contribution in [0.5, 0.6) is 11.5 Å². The number of methoxy groups -OCH3 is 2. The van der Waals surface area contributed by atoms with Crippen molar-refractivity contribution in [3.63, 3.8) is 0 Å². The van der Waals surface area contributed by atoms with Gasteiger partial charge in [-0.25, -0.2) is 0 Å². The van der Waals surface area contributed by atoms with Crippen LogP contribution >= 0.6 is 23.2 Å². The Balaban J connectivity index is 1.61. The number of piperidine rings is 1. The zero-order valence-corrected chi connectivity index (χ0v) is 17.7. The van der Waals surface area contributed by atoms with Gasteiger partial charge in [-0.2, -0.15) is 0 Å². The summed E-state index contributed by atoms with van der Waals surface area (Å²) in [6.07, 6.45) is 1.15. The minimum Gasteiger partial charge on any atom is -0.497 e. The van der Waals surface area contributed by atoms with E-state index >= 15 is 0 Å². The first-order valence-corrected chi connectivity index (χ1v) is 9.95.